The van der Waals surface area contributed by atoms with Gasteiger partial charge in [0.25, 0.3) is 0 Å². The number of rotatable bonds is 6. The molecule has 3 rings (SSSR count). The number of aliphatic imine (C=N–C) groups is 1. The van der Waals surface area contributed by atoms with E-state index in [4.69, 9.17) is 4.42 Å². The van der Waals surface area contributed by atoms with E-state index in [1.54, 1.807) is 13.2 Å². The summed E-state index contributed by atoms with van der Waals surface area (Å²) in [7, 11) is 1.75. The summed E-state index contributed by atoms with van der Waals surface area (Å²) in [6.07, 6.45) is 3.75. The van der Waals surface area contributed by atoms with Crippen LogP contribution < -0.4 is 10.6 Å². The van der Waals surface area contributed by atoms with Crippen molar-refractivity contribution < 1.29 is 4.42 Å². The number of benzene rings is 1. The van der Waals surface area contributed by atoms with Gasteiger partial charge in [-0.15, -0.1) is 24.0 Å². The molecule has 2 aromatic heterocycles. The summed E-state index contributed by atoms with van der Waals surface area (Å²) in [6.45, 7) is 5.75. The van der Waals surface area contributed by atoms with Crippen molar-refractivity contribution in [1.29, 1.82) is 0 Å². The molecule has 0 aliphatic heterocycles. The Morgan fingerprint density at radius 1 is 1.11 bits per heavy atom. The van der Waals surface area contributed by atoms with Crippen LogP contribution in [0.2, 0.25) is 0 Å². The number of nitrogens with zero attached hydrogens (tertiary/aromatic N) is 4. The smallest absolute Gasteiger partial charge is 0.214 e. The standard InChI is InChI=1S/C19H24N6O.HI/c1-14-15(2)26-18(24-14)12-22-19(20-3)21-11-16-7-4-5-8-17(16)13-25-10-6-9-23-25;/h4-10H,11-13H2,1-3H3,(H2,20,21,22);1H. The molecule has 7 nitrogen and oxygen atoms in total. The highest BCUT2D eigenvalue weighted by Gasteiger charge is 2.08. The van der Waals surface area contributed by atoms with E-state index in [2.05, 4.69) is 37.8 Å². The lowest BCUT2D eigenvalue weighted by Gasteiger charge is -2.13. The fourth-order valence-corrected chi connectivity index (χ4v) is 2.63. The first-order valence-electron chi connectivity index (χ1n) is 8.57. The Morgan fingerprint density at radius 2 is 1.85 bits per heavy atom. The van der Waals surface area contributed by atoms with Crippen LogP contribution in [0.25, 0.3) is 0 Å². The summed E-state index contributed by atoms with van der Waals surface area (Å²) >= 11 is 0. The van der Waals surface area contributed by atoms with Gasteiger partial charge in [-0.1, -0.05) is 24.3 Å². The SMILES string of the molecule is CN=C(NCc1nc(C)c(C)o1)NCc1ccccc1Cn1cccn1.I. The molecule has 2 N–H and O–H groups in total. The largest absolute Gasteiger partial charge is 0.444 e. The van der Waals surface area contributed by atoms with Crippen LogP contribution in [0.4, 0.5) is 0 Å². The third-order valence-electron chi connectivity index (χ3n) is 4.16. The topological polar surface area (TPSA) is 80.3 Å². The second-order valence-corrected chi connectivity index (χ2v) is 6.00. The molecule has 0 aliphatic rings. The van der Waals surface area contributed by atoms with Crippen molar-refractivity contribution in [2.24, 2.45) is 4.99 Å². The second-order valence-electron chi connectivity index (χ2n) is 6.00. The van der Waals surface area contributed by atoms with Gasteiger partial charge in [-0.25, -0.2) is 4.98 Å². The number of aromatic nitrogens is 3. The van der Waals surface area contributed by atoms with Gasteiger partial charge in [0, 0.05) is 26.0 Å². The van der Waals surface area contributed by atoms with Crippen LogP contribution >= 0.6 is 24.0 Å². The van der Waals surface area contributed by atoms with E-state index in [1.165, 1.54) is 11.1 Å². The zero-order valence-electron chi connectivity index (χ0n) is 15.8. The van der Waals surface area contributed by atoms with E-state index in [0.717, 1.165) is 18.0 Å². The monoisotopic (exact) mass is 480 g/mol. The van der Waals surface area contributed by atoms with E-state index in [1.807, 2.05) is 42.9 Å². The highest BCUT2D eigenvalue weighted by Crippen LogP contribution is 2.10. The van der Waals surface area contributed by atoms with E-state index in [0.29, 0.717) is 24.9 Å². The summed E-state index contributed by atoms with van der Waals surface area (Å²) in [5.41, 5.74) is 3.34. The van der Waals surface area contributed by atoms with Crippen molar-refractivity contribution in [3.8, 4) is 0 Å². The Labute approximate surface area is 176 Å². The normalized spacial score (nSPS) is 11.1. The molecule has 0 spiro atoms. The fourth-order valence-electron chi connectivity index (χ4n) is 2.63. The van der Waals surface area contributed by atoms with Gasteiger partial charge in [0.1, 0.15) is 5.76 Å². The number of aryl methyl sites for hydroxylation is 2. The van der Waals surface area contributed by atoms with Crippen LogP contribution in [0.3, 0.4) is 0 Å². The zero-order chi connectivity index (χ0) is 18.4. The summed E-state index contributed by atoms with van der Waals surface area (Å²) in [5.74, 6) is 2.20. The lowest BCUT2D eigenvalue weighted by atomic mass is 10.1. The molecular weight excluding hydrogens is 455 g/mol. The van der Waals surface area contributed by atoms with Crippen molar-refractivity contribution >= 4 is 29.9 Å². The van der Waals surface area contributed by atoms with Gasteiger partial charge in [0.2, 0.25) is 5.89 Å². The Hall–Kier alpha value is -2.36. The highest BCUT2D eigenvalue weighted by molar-refractivity contribution is 14.0. The van der Waals surface area contributed by atoms with Gasteiger partial charge in [0.15, 0.2) is 5.96 Å². The van der Waals surface area contributed by atoms with Crippen molar-refractivity contribution in [2.45, 2.75) is 33.5 Å². The molecule has 2 heterocycles. The van der Waals surface area contributed by atoms with Gasteiger partial charge in [-0.3, -0.25) is 9.67 Å². The van der Waals surface area contributed by atoms with Gasteiger partial charge in [-0.05, 0) is 31.0 Å². The molecule has 0 saturated heterocycles. The Balaban J connectivity index is 0.00000261. The van der Waals surface area contributed by atoms with Crippen molar-refractivity contribution in [2.75, 3.05) is 7.05 Å². The van der Waals surface area contributed by atoms with E-state index >= 15 is 0 Å². The van der Waals surface area contributed by atoms with Crippen LogP contribution in [0.5, 0.6) is 0 Å². The molecular formula is C19H25IN6O. The van der Waals surface area contributed by atoms with Crippen LogP contribution in [-0.4, -0.2) is 27.8 Å². The molecule has 0 saturated carbocycles. The summed E-state index contributed by atoms with van der Waals surface area (Å²) in [6, 6.07) is 10.2. The number of hydrogen-bond acceptors (Lipinski definition) is 4. The molecule has 3 aromatic rings. The molecule has 0 atom stereocenters. The van der Waals surface area contributed by atoms with E-state index in [-0.39, 0.29) is 24.0 Å². The molecule has 0 amide bonds. The number of hydrogen-bond donors (Lipinski definition) is 2. The first-order chi connectivity index (χ1) is 12.7. The molecule has 27 heavy (non-hydrogen) atoms. The number of oxazole rings is 1. The maximum atomic E-state index is 5.58. The van der Waals surface area contributed by atoms with Crippen molar-refractivity contribution in [1.82, 2.24) is 25.4 Å². The summed E-state index contributed by atoms with van der Waals surface area (Å²) < 4.78 is 7.50. The predicted octanol–water partition coefficient (Wildman–Crippen LogP) is 3.02. The average molecular weight is 480 g/mol. The minimum atomic E-state index is 0. The zero-order valence-corrected chi connectivity index (χ0v) is 18.1. The fraction of sp³-hybridized carbons (Fsp3) is 0.316. The van der Waals surface area contributed by atoms with Crippen LogP contribution in [0, 0.1) is 13.8 Å². The number of nitrogens with one attached hydrogen (secondary N) is 2. The first kappa shape index (κ1) is 20.9. The van der Waals surface area contributed by atoms with Crippen LogP contribution in [-0.2, 0) is 19.6 Å². The van der Waals surface area contributed by atoms with Crippen molar-refractivity contribution in [3.63, 3.8) is 0 Å². The molecule has 144 valence electrons. The van der Waals surface area contributed by atoms with E-state index < -0.39 is 0 Å². The Kier molecular flexibility index (Phi) is 7.83. The first-order valence-corrected chi connectivity index (χ1v) is 8.57. The molecule has 0 unspecified atom stereocenters. The molecule has 0 bridgehead atoms. The van der Waals surface area contributed by atoms with Crippen LogP contribution in [0.15, 0.2) is 52.1 Å². The number of halogens is 1. The molecule has 8 heteroatoms. The Bertz CT molecular complexity index is 853. The quantitative estimate of drug-likeness (QED) is 0.322. The number of guanidine groups is 1. The third-order valence-corrected chi connectivity index (χ3v) is 4.16. The summed E-state index contributed by atoms with van der Waals surface area (Å²) in [4.78, 5) is 8.63. The van der Waals surface area contributed by atoms with Gasteiger partial charge in [0.05, 0.1) is 18.8 Å². The molecule has 0 aliphatic carbocycles. The van der Waals surface area contributed by atoms with Crippen molar-refractivity contribution in [3.05, 3.63) is 71.2 Å². The minimum Gasteiger partial charge on any atom is -0.444 e. The average Bonchev–Trinajstić information content (AvgIpc) is 3.26. The highest BCUT2D eigenvalue weighted by atomic mass is 127. The molecule has 0 radical (unpaired) electrons. The molecule has 0 fully saturated rings. The maximum Gasteiger partial charge on any atom is 0.214 e. The minimum absolute atomic E-state index is 0. The maximum absolute atomic E-state index is 5.58. The summed E-state index contributed by atoms with van der Waals surface area (Å²) in [5, 5.41) is 10.8. The predicted molar refractivity (Wildman–Crippen MR) is 116 cm³/mol. The molecule has 1 aromatic carbocycles. The third kappa shape index (κ3) is 5.81. The lowest BCUT2D eigenvalue weighted by molar-refractivity contribution is 0.463. The van der Waals surface area contributed by atoms with Gasteiger partial charge < -0.3 is 15.1 Å². The van der Waals surface area contributed by atoms with Gasteiger partial charge in [-0.2, -0.15) is 5.10 Å². The Morgan fingerprint density at radius 3 is 2.48 bits per heavy atom. The lowest BCUT2D eigenvalue weighted by Crippen LogP contribution is -2.36. The van der Waals surface area contributed by atoms with Crippen LogP contribution in [0.1, 0.15) is 28.5 Å². The van der Waals surface area contributed by atoms with E-state index in [9.17, 15) is 0 Å². The second kappa shape index (κ2) is 10.1. The van der Waals surface area contributed by atoms with Gasteiger partial charge >= 0.3 is 0 Å².